The molecule has 0 radical (unpaired) electrons. The van der Waals surface area contributed by atoms with Crippen LogP contribution < -0.4 is 0 Å². The molecule has 0 aliphatic carbocycles. The SMILES string of the molecule is N#Cc1cc([C@H]2CO2)ccc1F. The summed E-state index contributed by atoms with van der Waals surface area (Å²) in [6.07, 6.45) is 0.0812. The quantitative estimate of drug-likeness (QED) is 0.591. The van der Waals surface area contributed by atoms with Crippen LogP contribution >= 0.6 is 0 Å². The molecule has 1 aliphatic heterocycles. The van der Waals surface area contributed by atoms with Gasteiger partial charge in [-0.25, -0.2) is 4.39 Å². The number of benzene rings is 1. The van der Waals surface area contributed by atoms with Crippen LogP contribution in [0, 0.1) is 17.1 Å². The lowest BCUT2D eigenvalue weighted by Crippen LogP contribution is -1.87. The van der Waals surface area contributed by atoms with Crippen molar-refractivity contribution in [1.82, 2.24) is 0 Å². The van der Waals surface area contributed by atoms with Gasteiger partial charge in [-0.2, -0.15) is 5.26 Å². The van der Waals surface area contributed by atoms with Crippen molar-refractivity contribution in [3.05, 3.63) is 35.1 Å². The fraction of sp³-hybridized carbons (Fsp3) is 0.222. The fourth-order valence-electron chi connectivity index (χ4n) is 1.07. The first kappa shape index (κ1) is 7.26. The van der Waals surface area contributed by atoms with Crippen molar-refractivity contribution in [2.24, 2.45) is 0 Å². The molecule has 3 heteroatoms. The maximum Gasteiger partial charge on any atom is 0.140 e. The first-order valence-corrected chi connectivity index (χ1v) is 3.62. The molecule has 2 rings (SSSR count). The first-order chi connectivity index (χ1) is 5.81. The smallest absolute Gasteiger partial charge is 0.140 e. The molecule has 1 fully saturated rings. The van der Waals surface area contributed by atoms with Crippen LogP contribution in [0.15, 0.2) is 18.2 Å². The third kappa shape index (κ3) is 1.17. The molecule has 1 saturated heterocycles. The second kappa shape index (κ2) is 2.58. The summed E-state index contributed by atoms with van der Waals surface area (Å²) in [5, 5.41) is 8.51. The van der Waals surface area contributed by atoms with Crippen LogP contribution in [0.4, 0.5) is 4.39 Å². The summed E-state index contributed by atoms with van der Waals surface area (Å²) in [4.78, 5) is 0. The molecular formula is C9H6FNO. The number of halogens is 1. The molecule has 0 aromatic heterocycles. The highest BCUT2D eigenvalue weighted by atomic mass is 19.1. The van der Waals surface area contributed by atoms with Crippen molar-refractivity contribution < 1.29 is 9.13 Å². The van der Waals surface area contributed by atoms with Gasteiger partial charge in [-0.05, 0) is 17.7 Å². The molecule has 0 saturated carbocycles. The lowest BCUT2D eigenvalue weighted by atomic mass is 10.1. The van der Waals surface area contributed by atoms with E-state index in [9.17, 15) is 4.39 Å². The Morgan fingerprint density at radius 3 is 2.92 bits per heavy atom. The molecule has 1 atom stereocenters. The topological polar surface area (TPSA) is 36.3 Å². The van der Waals surface area contributed by atoms with Crippen LogP contribution in [0.1, 0.15) is 17.2 Å². The molecule has 0 spiro atoms. The molecular weight excluding hydrogens is 157 g/mol. The number of nitriles is 1. The van der Waals surface area contributed by atoms with Gasteiger partial charge < -0.3 is 4.74 Å². The van der Waals surface area contributed by atoms with Gasteiger partial charge in [0.2, 0.25) is 0 Å². The Kier molecular flexibility index (Phi) is 1.56. The Labute approximate surface area is 69.2 Å². The second-order valence-corrected chi connectivity index (χ2v) is 2.67. The van der Waals surface area contributed by atoms with Crippen molar-refractivity contribution in [3.8, 4) is 6.07 Å². The summed E-state index contributed by atoms with van der Waals surface area (Å²) in [6.45, 7) is 0.677. The summed E-state index contributed by atoms with van der Waals surface area (Å²) in [5.41, 5.74) is 0.968. The largest absolute Gasteiger partial charge is 0.368 e. The zero-order valence-corrected chi connectivity index (χ0v) is 6.25. The van der Waals surface area contributed by atoms with Crippen LogP contribution in [0.5, 0.6) is 0 Å². The van der Waals surface area contributed by atoms with E-state index in [1.165, 1.54) is 12.1 Å². The van der Waals surface area contributed by atoms with E-state index in [2.05, 4.69) is 0 Å². The Morgan fingerprint density at radius 2 is 2.33 bits per heavy atom. The van der Waals surface area contributed by atoms with E-state index >= 15 is 0 Å². The van der Waals surface area contributed by atoms with E-state index in [4.69, 9.17) is 10.00 Å². The molecule has 1 aliphatic rings. The lowest BCUT2D eigenvalue weighted by molar-refractivity contribution is 0.415. The van der Waals surface area contributed by atoms with Crippen LogP contribution in [-0.2, 0) is 4.74 Å². The van der Waals surface area contributed by atoms with Crippen molar-refractivity contribution in [2.75, 3.05) is 6.61 Å². The van der Waals surface area contributed by atoms with Gasteiger partial charge in [0.25, 0.3) is 0 Å². The Bertz CT molecular complexity index is 352. The Morgan fingerprint density at radius 1 is 1.58 bits per heavy atom. The summed E-state index contributed by atoms with van der Waals surface area (Å²) < 4.78 is 17.8. The summed E-state index contributed by atoms with van der Waals surface area (Å²) in [7, 11) is 0. The van der Waals surface area contributed by atoms with E-state index in [1.54, 1.807) is 12.1 Å². The Balaban J connectivity index is 2.42. The molecule has 1 heterocycles. The summed E-state index contributed by atoms with van der Waals surface area (Å²) in [6, 6.07) is 6.27. The molecule has 1 aromatic rings. The van der Waals surface area contributed by atoms with Gasteiger partial charge in [0, 0.05) is 0 Å². The van der Waals surface area contributed by atoms with Gasteiger partial charge in [0.1, 0.15) is 18.0 Å². The molecule has 0 unspecified atom stereocenters. The van der Waals surface area contributed by atoms with Gasteiger partial charge in [-0.15, -0.1) is 0 Å². The zero-order chi connectivity index (χ0) is 8.55. The number of hydrogen-bond donors (Lipinski definition) is 0. The van der Waals surface area contributed by atoms with Crippen LogP contribution in [0.3, 0.4) is 0 Å². The van der Waals surface area contributed by atoms with E-state index < -0.39 is 5.82 Å². The number of nitrogens with zero attached hydrogens (tertiary/aromatic N) is 1. The van der Waals surface area contributed by atoms with Crippen LogP contribution in [-0.4, -0.2) is 6.61 Å². The normalized spacial score (nSPS) is 20.2. The number of hydrogen-bond acceptors (Lipinski definition) is 2. The van der Waals surface area contributed by atoms with Gasteiger partial charge in [-0.1, -0.05) is 6.07 Å². The molecule has 60 valence electrons. The van der Waals surface area contributed by atoms with Crippen LogP contribution in [0.2, 0.25) is 0 Å². The lowest BCUT2D eigenvalue weighted by Gasteiger charge is -1.96. The molecule has 12 heavy (non-hydrogen) atoms. The highest BCUT2D eigenvalue weighted by Crippen LogP contribution is 2.30. The molecule has 0 amide bonds. The minimum atomic E-state index is -0.470. The number of epoxide rings is 1. The minimum Gasteiger partial charge on any atom is -0.368 e. The van der Waals surface area contributed by atoms with Gasteiger partial charge >= 0.3 is 0 Å². The molecule has 1 aromatic carbocycles. The van der Waals surface area contributed by atoms with E-state index in [0.29, 0.717) is 6.61 Å². The summed E-state index contributed by atoms with van der Waals surface area (Å²) >= 11 is 0. The third-order valence-electron chi connectivity index (χ3n) is 1.82. The summed E-state index contributed by atoms with van der Waals surface area (Å²) in [5.74, 6) is -0.470. The average Bonchev–Trinajstić information content (AvgIpc) is 2.88. The van der Waals surface area contributed by atoms with Gasteiger partial charge in [-0.3, -0.25) is 0 Å². The Hall–Kier alpha value is -1.40. The maximum absolute atomic E-state index is 12.8. The van der Waals surface area contributed by atoms with Crippen molar-refractivity contribution in [1.29, 1.82) is 5.26 Å². The molecule has 0 bridgehead atoms. The second-order valence-electron chi connectivity index (χ2n) is 2.67. The highest BCUT2D eigenvalue weighted by molar-refractivity contribution is 5.36. The van der Waals surface area contributed by atoms with Crippen molar-refractivity contribution in [2.45, 2.75) is 6.10 Å². The highest BCUT2D eigenvalue weighted by Gasteiger charge is 2.25. The monoisotopic (exact) mass is 163 g/mol. The van der Waals surface area contributed by atoms with E-state index in [-0.39, 0.29) is 11.7 Å². The molecule has 0 N–H and O–H groups in total. The van der Waals surface area contributed by atoms with Gasteiger partial charge in [0.05, 0.1) is 12.2 Å². The zero-order valence-electron chi connectivity index (χ0n) is 6.25. The maximum atomic E-state index is 12.8. The first-order valence-electron chi connectivity index (χ1n) is 3.62. The van der Waals surface area contributed by atoms with E-state index in [0.717, 1.165) is 5.56 Å². The fourth-order valence-corrected chi connectivity index (χ4v) is 1.07. The van der Waals surface area contributed by atoms with Crippen molar-refractivity contribution >= 4 is 0 Å². The predicted molar refractivity (Wildman–Crippen MR) is 39.8 cm³/mol. The third-order valence-corrected chi connectivity index (χ3v) is 1.82. The van der Waals surface area contributed by atoms with E-state index in [1.807, 2.05) is 0 Å². The van der Waals surface area contributed by atoms with Crippen molar-refractivity contribution in [3.63, 3.8) is 0 Å². The van der Waals surface area contributed by atoms with Crippen LogP contribution in [0.25, 0.3) is 0 Å². The van der Waals surface area contributed by atoms with Gasteiger partial charge in [0.15, 0.2) is 0 Å². The number of rotatable bonds is 1. The molecule has 2 nitrogen and oxygen atoms in total. The minimum absolute atomic E-state index is 0.0812. The number of ether oxygens (including phenoxy) is 1. The average molecular weight is 163 g/mol. The standard InChI is InChI=1S/C9H6FNO/c10-8-2-1-6(9-5-12-9)3-7(8)4-11/h1-3,9H,5H2/t9-/m1/s1. The predicted octanol–water partition coefficient (Wildman–Crippen LogP) is 1.77.